The number of nitrogens with one attached hydrogen (secondary N) is 1. The van der Waals surface area contributed by atoms with Crippen LogP contribution in [0.5, 0.6) is 0 Å². The molecule has 0 unspecified atom stereocenters. The van der Waals surface area contributed by atoms with E-state index < -0.39 is 11.9 Å². The number of primary amides is 1. The van der Waals surface area contributed by atoms with Gasteiger partial charge in [-0.2, -0.15) is 0 Å². The van der Waals surface area contributed by atoms with E-state index in [2.05, 4.69) is 5.32 Å². The van der Waals surface area contributed by atoms with E-state index >= 15 is 0 Å². The van der Waals surface area contributed by atoms with Gasteiger partial charge in [-0.3, -0.25) is 9.59 Å². The first-order valence-electron chi connectivity index (χ1n) is 8.15. The van der Waals surface area contributed by atoms with Crippen LogP contribution in [0, 0.1) is 12.8 Å². The molecule has 0 aliphatic rings. The summed E-state index contributed by atoms with van der Waals surface area (Å²) in [6, 6.07) is 16.9. The third-order valence-electron chi connectivity index (χ3n) is 4.18. The molecule has 126 valence electrons. The molecule has 3 N–H and O–H groups in total. The van der Waals surface area contributed by atoms with Crippen LogP contribution < -0.4 is 11.1 Å². The zero-order chi connectivity index (χ0) is 17.5. The molecule has 4 heteroatoms. The van der Waals surface area contributed by atoms with Crippen molar-refractivity contribution in [3.63, 3.8) is 0 Å². The molecule has 4 nitrogen and oxygen atoms in total. The summed E-state index contributed by atoms with van der Waals surface area (Å²) in [4.78, 5) is 24.2. The van der Waals surface area contributed by atoms with Crippen LogP contribution in [0.1, 0.15) is 23.6 Å². The van der Waals surface area contributed by atoms with Gasteiger partial charge in [-0.1, -0.05) is 61.5 Å². The third kappa shape index (κ3) is 4.95. The maximum atomic E-state index is 12.4. The van der Waals surface area contributed by atoms with Crippen LogP contribution in [0.4, 0.5) is 0 Å². The van der Waals surface area contributed by atoms with Gasteiger partial charge in [-0.05, 0) is 30.0 Å². The second-order valence-corrected chi connectivity index (χ2v) is 6.18. The molecule has 0 saturated heterocycles. The molecule has 0 saturated carbocycles. The maximum Gasteiger partial charge on any atom is 0.240 e. The lowest BCUT2D eigenvalue weighted by atomic mass is 9.98. The Kier molecular flexibility index (Phi) is 6.13. The van der Waals surface area contributed by atoms with Gasteiger partial charge in [0.25, 0.3) is 0 Å². The Morgan fingerprint density at radius 2 is 1.62 bits per heavy atom. The third-order valence-corrected chi connectivity index (χ3v) is 4.18. The number of amides is 2. The Hall–Kier alpha value is -2.62. The molecule has 0 fully saturated rings. The lowest BCUT2D eigenvalue weighted by molar-refractivity contribution is -0.129. The van der Waals surface area contributed by atoms with Crippen molar-refractivity contribution in [3.8, 4) is 0 Å². The van der Waals surface area contributed by atoms with Crippen LogP contribution in [0.3, 0.4) is 0 Å². The van der Waals surface area contributed by atoms with Gasteiger partial charge in [0.05, 0.1) is 0 Å². The van der Waals surface area contributed by atoms with Gasteiger partial charge in [-0.15, -0.1) is 0 Å². The van der Waals surface area contributed by atoms with Gasteiger partial charge in [0.15, 0.2) is 0 Å². The molecule has 2 aromatic rings. The molecular formula is C20H24N2O2. The van der Waals surface area contributed by atoms with Crippen molar-refractivity contribution in [2.24, 2.45) is 11.7 Å². The Bertz CT molecular complexity index is 698. The molecule has 0 aliphatic heterocycles. The summed E-state index contributed by atoms with van der Waals surface area (Å²) in [5.41, 5.74) is 8.66. The van der Waals surface area contributed by atoms with Crippen molar-refractivity contribution >= 4 is 11.8 Å². The summed E-state index contributed by atoms with van der Waals surface area (Å²) in [6.45, 7) is 3.83. The van der Waals surface area contributed by atoms with Crippen molar-refractivity contribution in [2.75, 3.05) is 0 Å². The van der Waals surface area contributed by atoms with Gasteiger partial charge in [0, 0.05) is 12.3 Å². The van der Waals surface area contributed by atoms with Crippen molar-refractivity contribution < 1.29 is 9.59 Å². The number of carbonyl (C=O) groups is 2. The summed E-state index contributed by atoms with van der Waals surface area (Å²) >= 11 is 0. The fraction of sp³-hybridized carbons (Fsp3) is 0.300. The van der Waals surface area contributed by atoms with Crippen LogP contribution in [0.2, 0.25) is 0 Å². The first kappa shape index (κ1) is 17.7. The van der Waals surface area contributed by atoms with Crippen molar-refractivity contribution in [1.29, 1.82) is 0 Å². The Morgan fingerprint density at radius 3 is 2.25 bits per heavy atom. The van der Waals surface area contributed by atoms with E-state index in [9.17, 15) is 9.59 Å². The maximum absolute atomic E-state index is 12.4. The van der Waals surface area contributed by atoms with Crippen LogP contribution in [0.15, 0.2) is 54.6 Å². The standard InChI is InChI=1S/C20H24N2O2/c1-14-8-6-7-11-17(14)13-18(19(21)23)22-20(24)15(2)12-16-9-4-3-5-10-16/h3-11,15,18H,12-13H2,1-2H3,(H2,21,23)(H,22,24)/t15-,18-/m0/s1. The van der Waals surface area contributed by atoms with E-state index in [0.29, 0.717) is 12.8 Å². The molecule has 2 aromatic carbocycles. The van der Waals surface area contributed by atoms with E-state index in [4.69, 9.17) is 5.73 Å². The summed E-state index contributed by atoms with van der Waals surface area (Å²) in [6.07, 6.45) is 1.04. The van der Waals surface area contributed by atoms with E-state index in [1.54, 1.807) is 0 Å². The highest BCUT2D eigenvalue weighted by Crippen LogP contribution is 2.12. The van der Waals surface area contributed by atoms with Crippen LogP contribution in [0.25, 0.3) is 0 Å². The molecule has 2 atom stereocenters. The summed E-state index contributed by atoms with van der Waals surface area (Å²) < 4.78 is 0. The number of nitrogens with two attached hydrogens (primary N) is 1. The van der Waals surface area contributed by atoms with Crippen LogP contribution in [-0.4, -0.2) is 17.9 Å². The van der Waals surface area contributed by atoms with Crippen molar-refractivity contribution in [1.82, 2.24) is 5.32 Å². The largest absolute Gasteiger partial charge is 0.368 e. The topological polar surface area (TPSA) is 72.2 Å². The summed E-state index contributed by atoms with van der Waals surface area (Å²) in [5.74, 6) is -0.902. The normalized spacial score (nSPS) is 13.1. The molecule has 0 aliphatic carbocycles. The zero-order valence-corrected chi connectivity index (χ0v) is 14.2. The predicted molar refractivity (Wildman–Crippen MR) is 95.3 cm³/mol. The minimum Gasteiger partial charge on any atom is -0.368 e. The summed E-state index contributed by atoms with van der Waals surface area (Å²) in [7, 11) is 0. The van der Waals surface area contributed by atoms with E-state index in [1.807, 2.05) is 68.4 Å². The average molecular weight is 324 g/mol. The van der Waals surface area contributed by atoms with E-state index in [1.165, 1.54) is 0 Å². The quantitative estimate of drug-likeness (QED) is 0.821. The monoisotopic (exact) mass is 324 g/mol. The van der Waals surface area contributed by atoms with Gasteiger partial charge in [0.2, 0.25) is 11.8 Å². The fourth-order valence-electron chi connectivity index (χ4n) is 2.66. The minimum absolute atomic E-state index is 0.156. The number of benzene rings is 2. The Balaban J connectivity index is 2.00. The first-order chi connectivity index (χ1) is 11.5. The van der Waals surface area contributed by atoms with Gasteiger partial charge < -0.3 is 11.1 Å². The summed E-state index contributed by atoms with van der Waals surface area (Å²) in [5, 5.41) is 2.80. The smallest absolute Gasteiger partial charge is 0.240 e. The number of hydrogen-bond acceptors (Lipinski definition) is 2. The molecule has 24 heavy (non-hydrogen) atoms. The molecule has 0 heterocycles. The van der Waals surface area contributed by atoms with Gasteiger partial charge in [-0.25, -0.2) is 0 Å². The number of carbonyl (C=O) groups excluding carboxylic acids is 2. The highest BCUT2D eigenvalue weighted by Gasteiger charge is 2.22. The highest BCUT2D eigenvalue weighted by atomic mass is 16.2. The van der Waals surface area contributed by atoms with Crippen LogP contribution in [-0.2, 0) is 22.4 Å². The molecule has 2 rings (SSSR count). The number of aryl methyl sites for hydroxylation is 1. The Morgan fingerprint density at radius 1 is 1.00 bits per heavy atom. The average Bonchev–Trinajstić information content (AvgIpc) is 2.56. The second kappa shape index (κ2) is 8.29. The number of rotatable bonds is 7. The van der Waals surface area contributed by atoms with Gasteiger partial charge >= 0.3 is 0 Å². The SMILES string of the molecule is Cc1ccccc1C[C@H](NC(=O)[C@@H](C)Cc1ccccc1)C(N)=O. The first-order valence-corrected chi connectivity index (χ1v) is 8.15. The predicted octanol–water partition coefficient (Wildman–Crippen LogP) is 2.39. The highest BCUT2D eigenvalue weighted by molar-refractivity contribution is 5.87. The van der Waals surface area contributed by atoms with Crippen molar-refractivity contribution in [2.45, 2.75) is 32.7 Å². The lowest BCUT2D eigenvalue weighted by Crippen LogP contribution is -2.47. The fourth-order valence-corrected chi connectivity index (χ4v) is 2.66. The van der Waals surface area contributed by atoms with Gasteiger partial charge in [0.1, 0.15) is 6.04 Å². The minimum atomic E-state index is -0.697. The molecule has 2 amide bonds. The molecule has 0 radical (unpaired) electrons. The molecule has 0 spiro atoms. The van der Waals surface area contributed by atoms with Crippen molar-refractivity contribution in [3.05, 3.63) is 71.3 Å². The second-order valence-electron chi connectivity index (χ2n) is 6.18. The lowest BCUT2D eigenvalue weighted by Gasteiger charge is -2.19. The Labute approximate surface area is 143 Å². The number of hydrogen-bond donors (Lipinski definition) is 2. The molecular weight excluding hydrogens is 300 g/mol. The zero-order valence-electron chi connectivity index (χ0n) is 14.2. The molecule has 0 aromatic heterocycles. The van der Waals surface area contributed by atoms with E-state index in [-0.39, 0.29) is 11.8 Å². The van der Waals surface area contributed by atoms with E-state index in [0.717, 1.165) is 16.7 Å². The van der Waals surface area contributed by atoms with Crippen LogP contribution >= 0.6 is 0 Å². The molecule has 0 bridgehead atoms.